The molecule has 0 atom stereocenters. The highest BCUT2D eigenvalue weighted by atomic mass is 35.5. The topological polar surface area (TPSA) is 119 Å². The maximum atomic E-state index is 12.9. The van der Waals surface area contributed by atoms with Crippen molar-refractivity contribution in [1.29, 1.82) is 5.26 Å². The first-order valence-corrected chi connectivity index (χ1v) is 9.36. The summed E-state index contributed by atoms with van der Waals surface area (Å²) in [6, 6.07) is 9.15. The largest absolute Gasteiger partial charge is 0.417 e. The number of halogens is 4. The molecule has 2 rings (SSSR count). The first-order chi connectivity index (χ1) is 13.4. The lowest BCUT2D eigenvalue weighted by molar-refractivity contribution is -0.137. The highest BCUT2D eigenvalue weighted by Crippen LogP contribution is 2.36. The van der Waals surface area contributed by atoms with Gasteiger partial charge in [-0.05, 0) is 36.4 Å². The van der Waals surface area contributed by atoms with Crippen LogP contribution in [-0.4, -0.2) is 18.9 Å². The Kier molecular flexibility index (Phi) is 6.53. The van der Waals surface area contributed by atoms with Gasteiger partial charge in [0.25, 0.3) is 16.0 Å². The van der Waals surface area contributed by atoms with Crippen LogP contribution in [0.4, 0.5) is 24.5 Å². The third-order valence-corrected chi connectivity index (χ3v) is 4.59. The van der Waals surface area contributed by atoms with Crippen molar-refractivity contribution in [1.82, 2.24) is 0 Å². The third kappa shape index (κ3) is 5.95. The van der Waals surface area contributed by atoms with E-state index in [4.69, 9.17) is 21.4 Å². The first kappa shape index (κ1) is 22.2. The molecule has 0 heterocycles. The Labute approximate surface area is 168 Å². The summed E-state index contributed by atoms with van der Waals surface area (Å²) < 4.78 is 69.9. The standard InChI is InChI=1S/C17H11ClF3N3O4S/c18-15-5-4-12(7-14(15)17(19,20)21)24-16(25)10(8-22)9-23-11-2-1-3-13(6-11)29(26,27)28/h1-7,9,23H,(H,24,25)(H,26,27,28)/b10-9-. The number of benzene rings is 2. The number of carbonyl (C=O) groups is 1. The van der Waals surface area contributed by atoms with Gasteiger partial charge in [-0.2, -0.15) is 26.9 Å². The van der Waals surface area contributed by atoms with Gasteiger partial charge in [-0.1, -0.05) is 17.7 Å². The molecule has 7 nitrogen and oxygen atoms in total. The molecule has 0 unspecified atom stereocenters. The second kappa shape index (κ2) is 8.52. The zero-order valence-corrected chi connectivity index (χ0v) is 15.7. The Morgan fingerprint density at radius 1 is 1.17 bits per heavy atom. The zero-order chi connectivity index (χ0) is 21.8. The van der Waals surface area contributed by atoms with Crippen molar-refractivity contribution >= 4 is 39.0 Å². The average molecular weight is 446 g/mol. The van der Waals surface area contributed by atoms with Gasteiger partial charge in [0.15, 0.2) is 0 Å². The molecule has 0 fully saturated rings. The molecule has 12 heteroatoms. The number of hydrogen-bond acceptors (Lipinski definition) is 5. The highest BCUT2D eigenvalue weighted by Gasteiger charge is 2.33. The van der Waals surface area contributed by atoms with E-state index in [1.807, 2.05) is 0 Å². The van der Waals surface area contributed by atoms with Gasteiger partial charge in [0.1, 0.15) is 11.6 Å². The Balaban J connectivity index is 2.21. The minimum atomic E-state index is -4.73. The number of rotatable bonds is 5. The quantitative estimate of drug-likeness (QED) is 0.362. The number of nitrogens with zero attached hydrogens (tertiary/aromatic N) is 1. The molecular weight excluding hydrogens is 435 g/mol. The van der Waals surface area contributed by atoms with Crippen molar-refractivity contribution in [2.75, 3.05) is 10.6 Å². The lowest BCUT2D eigenvalue weighted by Crippen LogP contribution is -2.15. The van der Waals surface area contributed by atoms with E-state index in [1.165, 1.54) is 12.1 Å². The number of carbonyl (C=O) groups excluding carboxylic acids is 1. The van der Waals surface area contributed by atoms with Crippen molar-refractivity contribution in [2.45, 2.75) is 11.1 Å². The summed E-state index contributed by atoms with van der Waals surface area (Å²) in [6.07, 6.45) is -3.80. The highest BCUT2D eigenvalue weighted by molar-refractivity contribution is 7.85. The normalized spacial score (nSPS) is 12.2. The van der Waals surface area contributed by atoms with Gasteiger partial charge < -0.3 is 10.6 Å². The summed E-state index contributed by atoms with van der Waals surface area (Å²) in [5, 5.41) is 13.2. The van der Waals surface area contributed by atoms with Crippen LogP contribution in [0, 0.1) is 11.3 Å². The van der Waals surface area contributed by atoms with Crippen LogP contribution in [0.15, 0.2) is 59.1 Å². The van der Waals surface area contributed by atoms with Crippen LogP contribution in [0.2, 0.25) is 5.02 Å². The van der Waals surface area contributed by atoms with Crippen molar-refractivity contribution < 1.29 is 30.9 Å². The van der Waals surface area contributed by atoms with Crippen LogP contribution < -0.4 is 10.6 Å². The fourth-order valence-electron chi connectivity index (χ4n) is 2.07. The molecule has 29 heavy (non-hydrogen) atoms. The molecule has 0 aliphatic carbocycles. The van der Waals surface area contributed by atoms with E-state index in [0.29, 0.717) is 6.07 Å². The number of nitriles is 1. The Hall–Kier alpha value is -3.07. The maximum absolute atomic E-state index is 12.9. The van der Waals surface area contributed by atoms with Gasteiger partial charge in [-0.25, -0.2) is 0 Å². The molecule has 0 aromatic heterocycles. The molecule has 0 saturated carbocycles. The maximum Gasteiger partial charge on any atom is 0.417 e. The van der Waals surface area contributed by atoms with Crippen LogP contribution in [0.3, 0.4) is 0 Å². The zero-order valence-electron chi connectivity index (χ0n) is 14.2. The van der Waals surface area contributed by atoms with Gasteiger partial charge >= 0.3 is 6.18 Å². The molecule has 0 saturated heterocycles. The molecule has 3 N–H and O–H groups in total. The van der Waals surface area contributed by atoms with E-state index >= 15 is 0 Å². The minimum Gasteiger partial charge on any atom is -0.360 e. The second-order valence-corrected chi connectivity index (χ2v) is 7.29. The van der Waals surface area contributed by atoms with Gasteiger partial charge in [-0.15, -0.1) is 0 Å². The number of anilines is 2. The van der Waals surface area contributed by atoms with Crippen molar-refractivity contribution in [3.8, 4) is 6.07 Å². The second-order valence-electron chi connectivity index (χ2n) is 5.46. The first-order valence-electron chi connectivity index (χ1n) is 7.54. The van der Waals surface area contributed by atoms with Crippen LogP contribution in [0.5, 0.6) is 0 Å². The minimum absolute atomic E-state index is 0.131. The lowest BCUT2D eigenvalue weighted by atomic mass is 10.2. The molecule has 152 valence electrons. The van der Waals surface area contributed by atoms with E-state index in [-0.39, 0.29) is 11.4 Å². The fraction of sp³-hybridized carbons (Fsp3) is 0.0588. The smallest absolute Gasteiger partial charge is 0.360 e. The van der Waals surface area contributed by atoms with E-state index < -0.39 is 43.3 Å². The molecule has 0 radical (unpaired) electrons. The monoisotopic (exact) mass is 445 g/mol. The SMILES string of the molecule is N#C/C(=C/Nc1cccc(S(=O)(=O)O)c1)C(=O)Nc1ccc(Cl)c(C(F)(F)F)c1. The van der Waals surface area contributed by atoms with Gasteiger partial charge in [0.2, 0.25) is 0 Å². The van der Waals surface area contributed by atoms with Crippen LogP contribution in [0.25, 0.3) is 0 Å². The summed E-state index contributed by atoms with van der Waals surface area (Å²) in [5.41, 5.74) is -1.77. The summed E-state index contributed by atoms with van der Waals surface area (Å²) in [7, 11) is -4.45. The lowest BCUT2D eigenvalue weighted by Gasteiger charge is -2.11. The van der Waals surface area contributed by atoms with E-state index in [1.54, 1.807) is 6.07 Å². The Morgan fingerprint density at radius 2 is 1.86 bits per heavy atom. The van der Waals surface area contributed by atoms with Crippen molar-refractivity contribution in [2.24, 2.45) is 0 Å². The van der Waals surface area contributed by atoms with Crippen molar-refractivity contribution in [3.63, 3.8) is 0 Å². The van der Waals surface area contributed by atoms with Gasteiger partial charge in [0, 0.05) is 17.6 Å². The summed E-state index contributed by atoms with van der Waals surface area (Å²) in [5.74, 6) is -1.01. The predicted octanol–water partition coefficient (Wildman–Crippen LogP) is 4.06. The average Bonchev–Trinajstić information content (AvgIpc) is 2.62. The predicted molar refractivity (Wildman–Crippen MR) is 98.7 cm³/mol. The number of amides is 1. The van der Waals surface area contributed by atoms with E-state index in [0.717, 1.165) is 30.5 Å². The summed E-state index contributed by atoms with van der Waals surface area (Å²) >= 11 is 5.50. The van der Waals surface area contributed by atoms with Gasteiger partial charge in [0.05, 0.1) is 15.5 Å². The Morgan fingerprint density at radius 3 is 2.45 bits per heavy atom. The molecule has 2 aromatic carbocycles. The molecule has 0 spiro atoms. The van der Waals surface area contributed by atoms with Crippen LogP contribution in [-0.2, 0) is 21.1 Å². The molecule has 1 amide bonds. The number of alkyl halides is 3. The molecule has 0 aliphatic rings. The molecule has 0 aliphatic heterocycles. The Bertz CT molecular complexity index is 1130. The molecular formula is C17H11ClF3N3O4S. The van der Waals surface area contributed by atoms with Gasteiger partial charge in [-0.3, -0.25) is 9.35 Å². The fourth-order valence-corrected chi connectivity index (χ4v) is 2.82. The van der Waals surface area contributed by atoms with Crippen LogP contribution >= 0.6 is 11.6 Å². The van der Waals surface area contributed by atoms with E-state index in [2.05, 4.69) is 10.6 Å². The molecule has 2 aromatic rings. The van der Waals surface area contributed by atoms with E-state index in [9.17, 15) is 26.4 Å². The molecule has 0 bridgehead atoms. The summed E-state index contributed by atoms with van der Waals surface area (Å²) in [6.45, 7) is 0. The number of nitrogens with one attached hydrogen (secondary N) is 2. The van der Waals surface area contributed by atoms with Crippen LogP contribution in [0.1, 0.15) is 5.56 Å². The number of hydrogen-bond donors (Lipinski definition) is 3. The van der Waals surface area contributed by atoms with Crippen molar-refractivity contribution in [3.05, 3.63) is 64.8 Å². The summed E-state index contributed by atoms with van der Waals surface area (Å²) in [4.78, 5) is 11.7. The third-order valence-electron chi connectivity index (χ3n) is 3.41.